The molecule has 5 nitrogen and oxygen atoms in total. The van der Waals surface area contributed by atoms with Gasteiger partial charge in [0.2, 0.25) is 0 Å². The predicted octanol–water partition coefficient (Wildman–Crippen LogP) is 3.87. The van der Waals surface area contributed by atoms with Crippen LogP contribution in [0.3, 0.4) is 0 Å². The maximum absolute atomic E-state index is 11.0. The van der Waals surface area contributed by atoms with E-state index in [2.05, 4.69) is 23.0 Å². The van der Waals surface area contributed by atoms with Gasteiger partial charge in [-0.05, 0) is 40.5 Å². The van der Waals surface area contributed by atoms with Crippen molar-refractivity contribution in [3.8, 4) is 0 Å². The maximum atomic E-state index is 11.0. The van der Waals surface area contributed by atoms with E-state index in [0.717, 1.165) is 19.3 Å². The molecular weight excluding hydrogens is 282 g/mol. The zero-order chi connectivity index (χ0) is 17.2. The Balaban J connectivity index is 0.000000472. The third-order valence-corrected chi connectivity index (χ3v) is 2.68. The first kappa shape index (κ1) is 20.2. The van der Waals surface area contributed by atoms with Gasteiger partial charge in [-0.2, -0.15) is 0 Å². The Kier molecular flexibility index (Phi) is 9.22. The Hall–Kier alpha value is -1.78. The van der Waals surface area contributed by atoms with Crippen molar-refractivity contribution in [2.75, 3.05) is 0 Å². The maximum Gasteiger partial charge on any atom is 0.405 e. The lowest BCUT2D eigenvalue weighted by Gasteiger charge is -2.16. The Morgan fingerprint density at radius 3 is 2.36 bits per heavy atom. The molecule has 1 aliphatic carbocycles. The molecular formula is C17H29NO4. The summed E-state index contributed by atoms with van der Waals surface area (Å²) >= 11 is 0. The fraction of sp³-hybridized carbons (Fsp3) is 0.647. The third kappa shape index (κ3) is 12.0. The van der Waals surface area contributed by atoms with Crippen molar-refractivity contribution in [1.29, 1.82) is 0 Å². The average molecular weight is 311 g/mol. The summed E-state index contributed by atoms with van der Waals surface area (Å²) in [6.07, 6.45) is 9.20. The second-order valence-corrected chi connectivity index (χ2v) is 6.18. The standard InChI is InChI=1S/C12H18O2.C5H11NO2/c1-3-12(13)14-10(2)9-11-7-5-4-6-8-11;1-5(2,3)8-4(6)7/h4-5,7,10H,3,6,8-9H2,1-2H3;1-3H3,(H2,6,7). The van der Waals surface area contributed by atoms with Crippen molar-refractivity contribution in [3.05, 3.63) is 23.8 Å². The number of primary amides is 1. The van der Waals surface area contributed by atoms with Crippen LogP contribution in [0.4, 0.5) is 4.79 Å². The Bertz CT molecular complexity index is 419. The molecule has 1 rings (SSSR count). The van der Waals surface area contributed by atoms with Gasteiger partial charge in [0.15, 0.2) is 0 Å². The van der Waals surface area contributed by atoms with Gasteiger partial charge in [0.25, 0.3) is 0 Å². The fourth-order valence-electron chi connectivity index (χ4n) is 1.84. The topological polar surface area (TPSA) is 78.6 Å². The second-order valence-electron chi connectivity index (χ2n) is 6.18. The molecule has 0 aromatic heterocycles. The molecule has 126 valence electrons. The molecule has 5 heteroatoms. The van der Waals surface area contributed by atoms with Crippen LogP contribution in [-0.4, -0.2) is 23.8 Å². The van der Waals surface area contributed by atoms with Crippen LogP contribution in [0.25, 0.3) is 0 Å². The van der Waals surface area contributed by atoms with E-state index in [1.165, 1.54) is 5.57 Å². The quantitative estimate of drug-likeness (QED) is 0.799. The van der Waals surface area contributed by atoms with E-state index in [0.29, 0.717) is 6.42 Å². The molecule has 0 aromatic carbocycles. The van der Waals surface area contributed by atoms with Gasteiger partial charge in [0.05, 0.1) is 0 Å². The van der Waals surface area contributed by atoms with E-state index >= 15 is 0 Å². The van der Waals surface area contributed by atoms with Crippen LogP contribution in [0.5, 0.6) is 0 Å². The van der Waals surface area contributed by atoms with Crippen molar-refractivity contribution in [2.24, 2.45) is 5.73 Å². The van der Waals surface area contributed by atoms with E-state index in [9.17, 15) is 9.59 Å². The predicted molar refractivity (Wildman–Crippen MR) is 87.3 cm³/mol. The minimum absolute atomic E-state index is 0.0141. The van der Waals surface area contributed by atoms with Crippen molar-refractivity contribution in [1.82, 2.24) is 0 Å². The Morgan fingerprint density at radius 1 is 1.36 bits per heavy atom. The summed E-state index contributed by atoms with van der Waals surface area (Å²) in [4.78, 5) is 21.0. The molecule has 0 spiro atoms. The first-order chi connectivity index (χ1) is 10.1. The minimum atomic E-state index is -0.725. The smallest absolute Gasteiger partial charge is 0.405 e. The van der Waals surface area contributed by atoms with Crippen molar-refractivity contribution in [2.45, 2.75) is 72.0 Å². The van der Waals surface area contributed by atoms with Gasteiger partial charge in [-0.3, -0.25) is 4.79 Å². The molecule has 0 saturated heterocycles. The van der Waals surface area contributed by atoms with Crippen LogP contribution in [0.15, 0.2) is 23.8 Å². The van der Waals surface area contributed by atoms with Crippen LogP contribution < -0.4 is 5.73 Å². The van der Waals surface area contributed by atoms with Gasteiger partial charge in [-0.1, -0.05) is 30.7 Å². The molecule has 22 heavy (non-hydrogen) atoms. The third-order valence-electron chi connectivity index (χ3n) is 2.68. The summed E-state index contributed by atoms with van der Waals surface area (Å²) in [7, 11) is 0. The zero-order valence-electron chi connectivity index (χ0n) is 14.3. The second kappa shape index (κ2) is 10.0. The van der Waals surface area contributed by atoms with Gasteiger partial charge >= 0.3 is 12.1 Å². The highest BCUT2D eigenvalue weighted by Gasteiger charge is 2.12. The molecule has 1 aliphatic rings. The van der Waals surface area contributed by atoms with E-state index in [1.54, 1.807) is 20.8 Å². The molecule has 0 heterocycles. The van der Waals surface area contributed by atoms with Crippen LogP contribution >= 0.6 is 0 Å². The molecule has 2 N–H and O–H groups in total. The number of carbonyl (C=O) groups is 2. The number of carbonyl (C=O) groups excluding carboxylic acids is 2. The summed E-state index contributed by atoms with van der Waals surface area (Å²) < 4.78 is 9.77. The number of nitrogens with two attached hydrogens (primary N) is 1. The lowest BCUT2D eigenvalue weighted by atomic mass is 10.00. The highest BCUT2D eigenvalue weighted by molar-refractivity contribution is 5.69. The summed E-state index contributed by atoms with van der Waals surface area (Å²) in [6, 6.07) is 0. The number of ether oxygens (including phenoxy) is 2. The van der Waals surface area contributed by atoms with Crippen LogP contribution in [0.2, 0.25) is 0 Å². The van der Waals surface area contributed by atoms with Crippen LogP contribution in [0.1, 0.15) is 60.3 Å². The largest absolute Gasteiger partial charge is 0.462 e. The van der Waals surface area contributed by atoms with Gasteiger partial charge in [-0.25, -0.2) is 4.79 Å². The SMILES string of the molecule is CC(C)(C)OC(N)=O.CCC(=O)OC(C)CC1=CC=CCC1. The fourth-order valence-corrected chi connectivity index (χ4v) is 1.84. The normalized spacial score (nSPS) is 15.0. The number of amides is 1. The summed E-state index contributed by atoms with van der Waals surface area (Å²) in [5.74, 6) is -0.107. The van der Waals surface area contributed by atoms with E-state index in [1.807, 2.05) is 13.8 Å². The number of allylic oxidation sites excluding steroid dienone is 3. The molecule has 0 fully saturated rings. The van der Waals surface area contributed by atoms with E-state index in [4.69, 9.17) is 10.5 Å². The summed E-state index contributed by atoms with van der Waals surface area (Å²) in [5, 5.41) is 0. The first-order valence-electron chi connectivity index (χ1n) is 7.66. The van der Waals surface area contributed by atoms with Gasteiger partial charge in [0, 0.05) is 12.8 Å². The highest BCUT2D eigenvalue weighted by atomic mass is 16.6. The van der Waals surface area contributed by atoms with Gasteiger partial charge in [0.1, 0.15) is 11.7 Å². The van der Waals surface area contributed by atoms with Crippen molar-refractivity contribution < 1.29 is 19.1 Å². The van der Waals surface area contributed by atoms with E-state index < -0.39 is 11.7 Å². The van der Waals surface area contributed by atoms with Crippen molar-refractivity contribution in [3.63, 3.8) is 0 Å². The molecule has 1 amide bonds. The zero-order valence-corrected chi connectivity index (χ0v) is 14.3. The molecule has 0 saturated carbocycles. The number of hydrogen-bond acceptors (Lipinski definition) is 4. The van der Waals surface area contributed by atoms with Gasteiger partial charge < -0.3 is 15.2 Å². The number of rotatable bonds is 4. The van der Waals surface area contributed by atoms with Crippen LogP contribution in [0, 0.1) is 0 Å². The average Bonchev–Trinajstić information content (AvgIpc) is 2.37. The highest BCUT2D eigenvalue weighted by Crippen LogP contribution is 2.18. The molecule has 0 aromatic rings. The molecule has 1 unspecified atom stereocenters. The Labute approximate surface area is 133 Å². The molecule has 1 atom stereocenters. The van der Waals surface area contributed by atoms with Gasteiger partial charge in [-0.15, -0.1) is 0 Å². The summed E-state index contributed by atoms with van der Waals surface area (Å²) in [6.45, 7) is 9.05. The lowest BCUT2D eigenvalue weighted by Crippen LogP contribution is -2.27. The molecule has 0 aliphatic heterocycles. The lowest BCUT2D eigenvalue weighted by molar-refractivity contribution is -0.147. The van der Waals surface area contributed by atoms with E-state index in [-0.39, 0.29) is 12.1 Å². The van der Waals surface area contributed by atoms with Crippen LogP contribution in [-0.2, 0) is 14.3 Å². The first-order valence-corrected chi connectivity index (χ1v) is 7.66. The molecule has 0 bridgehead atoms. The monoisotopic (exact) mass is 311 g/mol. The molecule has 0 radical (unpaired) electrons. The summed E-state index contributed by atoms with van der Waals surface area (Å²) in [5.41, 5.74) is 5.64. The number of esters is 1. The minimum Gasteiger partial charge on any atom is -0.462 e. The Morgan fingerprint density at radius 2 is 2.00 bits per heavy atom. The van der Waals surface area contributed by atoms with Crippen molar-refractivity contribution >= 4 is 12.1 Å². The number of hydrogen-bond donors (Lipinski definition) is 1.